The number of esters is 2. The van der Waals surface area contributed by atoms with Gasteiger partial charge < -0.3 is 14.6 Å². The lowest BCUT2D eigenvalue weighted by Crippen LogP contribution is -2.28. The first-order valence-corrected chi connectivity index (χ1v) is 23.2. The second-order valence-corrected chi connectivity index (χ2v) is 15.8. The molecule has 0 aromatic rings. The largest absolute Gasteiger partial charge is 0.462 e. The molecule has 0 heterocycles. The van der Waals surface area contributed by atoms with E-state index < -0.39 is 6.10 Å². The molecule has 1 atom stereocenters. The van der Waals surface area contributed by atoms with Crippen LogP contribution in [0.4, 0.5) is 0 Å². The number of carbonyl (C=O) groups excluding carboxylic acids is 2. The van der Waals surface area contributed by atoms with E-state index in [1.54, 1.807) is 0 Å². The van der Waals surface area contributed by atoms with Gasteiger partial charge in [-0.2, -0.15) is 0 Å². The molecule has 1 unspecified atom stereocenters. The number of allylic oxidation sites excluding steroid dienone is 2. The summed E-state index contributed by atoms with van der Waals surface area (Å²) in [6.45, 7) is 4.14. The predicted molar refractivity (Wildman–Crippen MR) is 224 cm³/mol. The molecule has 0 aliphatic rings. The molecule has 0 fully saturated rings. The van der Waals surface area contributed by atoms with E-state index in [-0.39, 0.29) is 25.2 Å². The normalized spacial score (nSPS) is 12.1. The van der Waals surface area contributed by atoms with Gasteiger partial charge in [0.05, 0.1) is 6.61 Å². The monoisotopic (exact) mass is 735 g/mol. The zero-order chi connectivity index (χ0) is 37.8. The van der Waals surface area contributed by atoms with Crippen LogP contribution in [-0.2, 0) is 19.1 Å². The zero-order valence-electron chi connectivity index (χ0n) is 35.1. The quantitative estimate of drug-likeness (QED) is 0.0383. The molecule has 0 spiro atoms. The first kappa shape index (κ1) is 50.6. The Balaban J connectivity index is 3.39. The Morgan fingerprint density at radius 1 is 0.423 bits per heavy atom. The van der Waals surface area contributed by atoms with E-state index in [1.807, 2.05) is 0 Å². The summed E-state index contributed by atoms with van der Waals surface area (Å²) in [5.74, 6) is -0.580. The van der Waals surface area contributed by atoms with Crippen molar-refractivity contribution < 1.29 is 24.2 Å². The highest BCUT2D eigenvalue weighted by molar-refractivity contribution is 5.70. The van der Waals surface area contributed by atoms with Crippen LogP contribution in [0.2, 0.25) is 0 Å². The van der Waals surface area contributed by atoms with E-state index in [0.29, 0.717) is 12.8 Å². The Labute approximate surface area is 324 Å². The molecule has 308 valence electrons. The van der Waals surface area contributed by atoms with Gasteiger partial charge in [-0.25, -0.2) is 0 Å². The van der Waals surface area contributed by atoms with E-state index >= 15 is 0 Å². The molecule has 5 heteroatoms. The average molecular weight is 735 g/mol. The van der Waals surface area contributed by atoms with E-state index in [0.717, 1.165) is 38.5 Å². The molecular formula is C47H90O5. The van der Waals surface area contributed by atoms with Crippen molar-refractivity contribution in [3.05, 3.63) is 12.2 Å². The Morgan fingerprint density at radius 2 is 0.712 bits per heavy atom. The molecular weight excluding hydrogens is 645 g/mol. The summed E-state index contributed by atoms with van der Waals surface area (Å²) >= 11 is 0. The molecule has 0 aromatic carbocycles. The molecule has 0 amide bonds. The van der Waals surface area contributed by atoms with Gasteiger partial charge in [0, 0.05) is 12.8 Å². The summed E-state index contributed by atoms with van der Waals surface area (Å²) in [4.78, 5) is 24.2. The van der Waals surface area contributed by atoms with Gasteiger partial charge in [0.1, 0.15) is 6.61 Å². The Hall–Kier alpha value is -1.36. The van der Waals surface area contributed by atoms with Crippen LogP contribution in [0.15, 0.2) is 12.2 Å². The first-order chi connectivity index (χ1) is 25.6. The molecule has 5 nitrogen and oxygen atoms in total. The zero-order valence-corrected chi connectivity index (χ0v) is 35.1. The van der Waals surface area contributed by atoms with E-state index in [4.69, 9.17) is 9.47 Å². The summed E-state index contributed by atoms with van der Waals surface area (Å²) in [6, 6.07) is 0. The third-order valence-corrected chi connectivity index (χ3v) is 10.6. The standard InChI is InChI=1S/C47H90O5/c1-3-5-7-9-11-13-14-15-16-17-18-19-20-21-22-23-24-25-26-27-28-29-30-31-32-34-36-38-40-42-47(50)52-45(43-48)44-51-46(49)41-39-37-35-33-12-10-8-6-4-2/h17-18,45,48H,3-16,19-44H2,1-2H3/b18-17-. The van der Waals surface area contributed by atoms with Gasteiger partial charge >= 0.3 is 11.9 Å². The predicted octanol–water partition coefficient (Wildman–Crippen LogP) is 14.9. The van der Waals surface area contributed by atoms with Crippen LogP contribution in [-0.4, -0.2) is 36.4 Å². The number of unbranched alkanes of at least 4 members (excludes halogenated alkanes) is 33. The van der Waals surface area contributed by atoms with Gasteiger partial charge in [0.2, 0.25) is 0 Å². The second-order valence-electron chi connectivity index (χ2n) is 15.8. The van der Waals surface area contributed by atoms with Crippen LogP contribution in [0.25, 0.3) is 0 Å². The van der Waals surface area contributed by atoms with Crippen molar-refractivity contribution in [3.63, 3.8) is 0 Å². The summed E-state index contributed by atoms with van der Waals surface area (Å²) in [6.07, 6.45) is 51.7. The van der Waals surface area contributed by atoms with Crippen molar-refractivity contribution in [3.8, 4) is 0 Å². The maximum atomic E-state index is 12.2. The number of aliphatic hydroxyl groups excluding tert-OH is 1. The van der Waals surface area contributed by atoms with Crippen molar-refractivity contribution in [1.82, 2.24) is 0 Å². The average Bonchev–Trinajstić information content (AvgIpc) is 3.15. The summed E-state index contributed by atoms with van der Waals surface area (Å²) < 4.78 is 10.6. The summed E-state index contributed by atoms with van der Waals surface area (Å²) in [5, 5.41) is 9.55. The molecule has 0 saturated heterocycles. The van der Waals surface area contributed by atoms with Crippen LogP contribution < -0.4 is 0 Å². The van der Waals surface area contributed by atoms with Gasteiger partial charge in [-0.15, -0.1) is 0 Å². The molecule has 0 radical (unpaired) electrons. The summed E-state index contributed by atoms with van der Waals surface area (Å²) in [7, 11) is 0. The van der Waals surface area contributed by atoms with Crippen molar-refractivity contribution in [2.75, 3.05) is 13.2 Å². The summed E-state index contributed by atoms with van der Waals surface area (Å²) in [5.41, 5.74) is 0. The van der Waals surface area contributed by atoms with Crippen LogP contribution in [0.1, 0.15) is 258 Å². The third-order valence-electron chi connectivity index (χ3n) is 10.6. The SMILES string of the molecule is CCCCCCCCCC/C=C\CCCCCCCCCCCCCCCCCCCC(=O)OC(CO)COC(=O)CCCCCCCCCCC. The van der Waals surface area contributed by atoms with E-state index in [2.05, 4.69) is 26.0 Å². The lowest BCUT2D eigenvalue weighted by Gasteiger charge is -2.15. The van der Waals surface area contributed by atoms with Gasteiger partial charge in [0.15, 0.2) is 6.10 Å². The highest BCUT2D eigenvalue weighted by Crippen LogP contribution is 2.16. The minimum atomic E-state index is -0.763. The number of rotatable bonds is 43. The lowest BCUT2D eigenvalue weighted by molar-refractivity contribution is -0.161. The number of aliphatic hydroxyl groups is 1. The van der Waals surface area contributed by atoms with E-state index in [9.17, 15) is 14.7 Å². The maximum Gasteiger partial charge on any atom is 0.306 e. The number of carbonyl (C=O) groups is 2. The van der Waals surface area contributed by atoms with E-state index in [1.165, 1.54) is 193 Å². The van der Waals surface area contributed by atoms with Gasteiger partial charge in [-0.3, -0.25) is 9.59 Å². The van der Waals surface area contributed by atoms with Crippen LogP contribution >= 0.6 is 0 Å². The Morgan fingerprint density at radius 3 is 1.04 bits per heavy atom. The Bertz CT molecular complexity index is 750. The topological polar surface area (TPSA) is 72.8 Å². The van der Waals surface area contributed by atoms with Crippen molar-refractivity contribution in [2.24, 2.45) is 0 Å². The lowest BCUT2D eigenvalue weighted by atomic mass is 10.0. The molecule has 0 bridgehead atoms. The first-order valence-electron chi connectivity index (χ1n) is 23.2. The van der Waals surface area contributed by atoms with Crippen LogP contribution in [0.3, 0.4) is 0 Å². The number of ether oxygens (including phenoxy) is 2. The number of hydrogen-bond donors (Lipinski definition) is 1. The second kappa shape index (κ2) is 44.0. The fourth-order valence-corrected chi connectivity index (χ4v) is 7.02. The molecule has 0 saturated carbocycles. The maximum absolute atomic E-state index is 12.2. The molecule has 1 N–H and O–H groups in total. The minimum absolute atomic E-state index is 0.0591. The van der Waals surface area contributed by atoms with Crippen molar-refractivity contribution in [1.29, 1.82) is 0 Å². The highest BCUT2D eigenvalue weighted by atomic mass is 16.6. The Kier molecular flexibility index (Phi) is 42.9. The third kappa shape index (κ3) is 41.4. The molecule has 0 rings (SSSR count). The fourth-order valence-electron chi connectivity index (χ4n) is 7.02. The van der Waals surface area contributed by atoms with Gasteiger partial charge in [-0.05, 0) is 38.5 Å². The van der Waals surface area contributed by atoms with Crippen LogP contribution in [0.5, 0.6) is 0 Å². The fraction of sp³-hybridized carbons (Fsp3) is 0.915. The minimum Gasteiger partial charge on any atom is -0.462 e. The van der Waals surface area contributed by atoms with Crippen LogP contribution in [0, 0.1) is 0 Å². The molecule has 52 heavy (non-hydrogen) atoms. The molecule has 0 aliphatic carbocycles. The van der Waals surface area contributed by atoms with Crippen molar-refractivity contribution in [2.45, 2.75) is 264 Å². The smallest absolute Gasteiger partial charge is 0.306 e. The highest BCUT2D eigenvalue weighted by Gasteiger charge is 2.16. The van der Waals surface area contributed by atoms with Gasteiger partial charge in [0.25, 0.3) is 0 Å². The molecule has 0 aliphatic heterocycles. The molecule has 0 aromatic heterocycles. The van der Waals surface area contributed by atoms with Crippen molar-refractivity contribution >= 4 is 11.9 Å². The number of hydrogen-bond acceptors (Lipinski definition) is 5. The van der Waals surface area contributed by atoms with Gasteiger partial charge in [-0.1, -0.05) is 219 Å².